The van der Waals surface area contributed by atoms with E-state index >= 15 is 0 Å². The minimum atomic E-state index is 0.0869. The third-order valence-electron chi connectivity index (χ3n) is 4.14. The van der Waals surface area contributed by atoms with E-state index < -0.39 is 0 Å². The van der Waals surface area contributed by atoms with Gasteiger partial charge < -0.3 is 4.90 Å². The van der Waals surface area contributed by atoms with Crippen LogP contribution in [0, 0.1) is 0 Å². The Labute approximate surface area is 125 Å². The third-order valence-corrected chi connectivity index (χ3v) is 5.36. The Morgan fingerprint density at radius 1 is 1.40 bits per heavy atom. The molecule has 6 heteroatoms. The molecule has 102 valence electrons. The maximum absolute atomic E-state index is 12.7. The zero-order valence-electron chi connectivity index (χ0n) is 10.6. The van der Waals surface area contributed by atoms with E-state index in [1.165, 1.54) is 11.3 Å². The van der Waals surface area contributed by atoms with Crippen molar-refractivity contribution in [3.8, 4) is 0 Å². The molecule has 2 aliphatic heterocycles. The van der Waals surface area contributed by atoms with Gasteiger partial charge in [0.1, 0.15) is 6.33 Å². The zero-order chi connectivity index (χ0) is 13.7. The average molecular weight is 306 g/mol. The molecular weight excluding hydrogens is 294 g/mol. The van der Waals surface area contributed by atoms with E-state index in [9.17, 15) is 4.79 Å². The van der Waals surface area contributed by atoms with Gasteiger partial charge in [-0.2, -0.15) is 0 Å². The summed E-state index contributed by atoms with van der Waals surface area (Å²) in [5.41, 5.74) is 2.21. The highest BCUT2D eigenvalue weighted by atomic mass is 35.5. The van der Waals surface area contributed by atoms with Crippen LogP contribution in [-0.4, -0.2) is 26.8 Å². The Balaban J connectivity index is 1.73. The summed E-state index contributed by atoms with van der Waals surface area (Å²) in [6, 6.07) is 3.97. The molecule has 2 unspecified atom stereocenters. The molecule has 1 fully saturated rings. The maximum atomic E-state index is 12.7. The number of aromatic nitrogens is 2. The van der Waals surface area contributed by atoms with Crippen LogP contribution in [0.2, 0.25) is 4.34 Å². The lowest BCUT2D eigenvalue weighted by Gasteiger charge is -2.35. The van der Waals surface area contributed by atoms with Crippen molar-refractivity contribution in [2.24, 2.45) is 0 Å². The van der Waals surface area contributed by atoms with Crippen molar-refractivity contribution in [1.82, 2.24) is 14.9 Å². The fraction of sp³-hybridized carbons (Fsp3) is 0.357. The second-order valence-electron chi connectivity index (χ2n) is 5.19. The topological polar surface area (TPSA) is 46.1 Å². The standard InChI is InChI=1S/C14H12ClN3OS/c15-13-4-3-12(20-13)14(19)18-8-1-2-11(18)9-6-16-7-17-10(9)5-8/h3-4,6-8,11H,1-2,5H2. The first-order valence-corrected chi connectivity index (χ1v) is 7.80. The number of hydrogen-bond acceptors (Lipinski definition) is 4. The Bertz CT molecular complexity index is 687. The molecule has 0 N–H and O–H groups in total. The third kappa shape index (κ3) is 1.77. The van der Waals surface area contributed by atoms with Gasteiger partial charge >= 0.3 is 0 Å². The van der Waals surface area contributed by atoms with Gasteiger partial charge in [-0.25, -0.2) is 9.97 Å². The summed E-state index contributed by atoms with van der Waals surface area (Å²) in [4.78, 5) is 23.9. The van der Waals surface area contributed by atoms with Gasteiger partial charge in [0.25, 0.3) is 5.91 Å². The van der Waals surface area contributed by atoms with E-state index in [2.05, 4.69) is 9.97 Å². The highest BCUT2D eigenvalue weighted by Gasteiger charge is 2.43. The molecule has 4 rings (SSSR count). The van der Waals surface area contributed by atoms with Crippen LogP contribution in [0.1, 0.15) is 39.8 Å². The average Bonchev–Trinajstić information content (AvgIpc) is 3.02. The molecule has 1 amide bonds. The largest absolute Gasteiger partial charge is 0.327 e. The van der Waals surface area contributed by atoms with Crippen molar-refractivity contribution < 1.29 is 4.79 Å². The number of carbonyl (C=O) groups excluding carboxylic acids is 1. The first-order valence-electron chi connectivity index (χ1n) is 6.61. The summed E-state index contributed by atoms with van der Waals surface area (Å²) in [5, 5.41) is 0. The molecule has 2 aliphatic rings. The Morgan fingerprint density at radius 2 is 2.30 bits per heavy atom. The molecule has 4 heterocycles. The highest BCUT2D eigenvalue weighted by molar-refractivity contribution is 7.17. The zero-order valence-corrected chi connectivity index (χ0v) is 12.2. The SMILES string of the molecule is O=C(c1ccc(Cl)s1)N1C2CCC1c1cncnc1C2. The summed E-state index contributed by atoms with van der Waals surface area (Å²) in [6.45, 7) is 0. The molecule has 2 aromatic heterocycles. The van der Waals surface area contributed by atoms with Crippen LogP contribution >= 0.6 is 22.9 Å². The summed E-state index contributed by atoms with van der Waals surface area (Å²) >= 11 is 7.29. The summed E-state index contributed by atoms with van der Waals surface area (Å²) in [5.74, 6) is 0.0869. The Hall–Kier alpha value is -1.46. The van der Waals surface area contributed by atoms with Crippen LogP contribution in [0.3, 0.4) is 0 Å². The molecule has 0 saturated carbocycles. The van der Waals surface area contributed by atoms with E-state index in [1.54, 1.807) is 12.4 Å². The Morgan fingerprint density at radius 3 is 3.10 bits per heavy atom. The predicted octanol–water partition coefficient (Wildman–Crippen LogP) is 3.09. The van der Waals surface area contributed by atoms with Crippen molar-refractivity contribution >= 4 is 28.8 Å². The lowest BCUT2D eigenvalue weighted by molar-refractivity contribution is 0.0649. The van der Waals surface area contributed by atoms with Crippen molar-refractivity contribution in [3.63, 3.8) is 0 Å². The molecule has 0 aliphatic carbocycles. The summed E-state index contributed by atoms with van der Waals surface area (Å²) in [7, 11) is 0. The van der Waals surface area contributed by atoms with Gasteiger partial charge in [-0.1, -0.05) is 11.6 Å². The van der Waals surface area contributed by atoms with Gasteiger partial charge in [0.15, 0.2) is 0 Å². The van der Waals surface area contributed by atoms with Gasteiger partial charge in [-0.15, -0.1) is 11.3 Å². The second kappa shape index (κ2) is 4.53. The lowest BCUT2D eigenvalue weighted by atomic mass is 9.99. The second-order valence-corrected chi connectivity index (χ2v) is 6.91. The van der Waals surface area contributed by atoms with E-state index in [0.717, 1.165) is 30.5 Å². The van der Waals surface area contributed by atoms with E-state index in [0.29, 0.717) is 9.21 Å². The van der Waals surface area contributed by atoms with Crippen LogP contribution in [-0.2, 0) is 6.42 Å². The van der Waals surface area contributed by atoms with Crippen molar-refractivity contribution in [1.29, 1.82) is 0 Å². The molecule has 20 heavy (non-hydrogen) atoms. The van der Waals surface area contributed by atoms with Gasteiger partial charge in [-0.3, -0.25) is 4.79 Å². The number of rotatable bonds is 1. The number of amides is 1. The minimum Gasteiger partial charge on any atom is -0.327 e. The van der Waals surface area contributed by atoms with Crippen molar-refractivity contribution in [3.05, 3.63) is 45.1 Å². The quantitative estimate of drug-likeness (QED) is 0.813. The molecule has 0 radical (unpaired) electrons. The van der Waals surface area contributed by atoms with Crippen LogP contribution in [0.15, 0.2) is 24.7 Å². The number of fused-ring (bicyclic) bond motifs is 4. The van der Waals surface area contributed by atoms with Gasteiger partial charge in [0.2, 0.25) is 0 Å². The predicted molar refractivity (Wildman–Crippen MR) is 77.0 cm³/mol. The number of carbonyl (C=O) groups is 1. The fourth-order valence-corrected chi connectivity index (χ4v) is 4.28. The van der Waals surface area contributed by atoms with Gasteiger partial charge in [0, 0.05) is 24.2 Å². The van der Waals surface area contributed by atoms with Crippen LogP contribution < -0.4 is 0 Å². The number of halogens is 1. The van der Waals surface area contributed by atoms with Crippen LogP contribution in [0.5, 0.6) is 0 Å². The molecule has 1 saturated heterocycles. The van der Waals surface area contributed by atoms with E-state index in [1.807, 2.05) is 17.2 Å². The first kappa shape index (κ1) is 12.3. The maximum Gasteiger partial charge on any atom is 0.264 e. The summed E-state index contributed by atoms with van der Waals surface area (Å²) in [6.07, 6.45) is 6.31. The lowest BCUT2D eigenvalue weighted by Crippen LogP contribution is -2.42. The molecular formula is C14H12ClN3OS. The van der Waals surface area contributed by atoms with E-state index in [4.69, 9.17) is 11.6 Å². The molecule has 2 aromatic rings. The summed E-state index contributed by atoms with van der Waals surface area (Å²) < 4.78 is 0.654. The minimum absolute atomic E-state index is 0.0869. The van der Waals surface area contributed by atoms with Crippen molar-refractivity contribution in [2.75, 3.05) is 0 Å². The van der Waals surface area contributed by atoms with Gasteiger partial charge in [-0.05, 0) is 25.0 Å². The highest BCUT2D eigenvalue weighted by Crippen LogP contribution is 2.43. The molecule has 4 nitrogen and oxygen atoms in total. The molecule has 2 bridgehead atoms. The monoisotopic (exact) mass is 305 g/mol. The van der Waals surface area contributed by atoms with Crippen LogP contribution in [0.25, 0.3) is 0 Å². The molecule has 0 aromatic carbocycles. The van der Waals surface area contributed by atoms with Gasteiger partial charge in [0.05, 0.1) is 20.9 Å². The number of nitrogens with zero attached hydrogens (tertiary/aromatic N) is 3. The first-order chi connectivity index (χ1) is 9.74. The fourth-order valence-electron chi connectivity index (χ4n) is 3.29. The van der Waals surface area contributed by atoms with Crippen LogP contribution in [0.4, 0.5) is 0 Å². The number of thiophene rings is 1. The Kier molecular flexibility index (Phi) is 2.79. The number of hydrogen-bond donors (Lipinski definition) is 0. The smallest absolute Gasteiger partial charge is 0.264 e. The molecule has 2 atom stereocenters. The normalized spacial score (nSPS) is 23.8. The van der Waals surface area contributed by atoms with E-state index in [-0.39, 0.29) is 18.0 Å². The van der Waals surface area contributed by atoms with Crippen molar-refractivity contribution in [2.45, 2.75) is 31.3 Å². The molecule has 0 spiro atoms.